The number of aromatic nitrogens is 3. The fourth-order valence-electron chi connectivity index (χ4n) is 4.88. The zero-order valence-corrected chi connectivity index (χ0v) is 18.0. The number of halogens is 2. The summed E-state index contributed by atoms with van der Waals surface area (Å²) in [7, 11) is 0. The normalized spacial score (nSPS) is 23.6. The molecule has 2 bridgehead atoms. The average molecular weight is 432 g/mol. The second-order valence-electron chi connectivity index (χ2n) is 8.43. The second-order valence-corrected chi connectivity index (χ2v) is 8.43. The van der Waals surface area contributed by atoms with Crippen molar-refractivity contribution in [3.05, 3.63) is 54.0 Å². The first-order chi connectivity index (χ1) is 13.3. The van der Waals surface area contributed by atoms with Gasteiger partial charge in [0.25, 0.3) is 0 Å². The smallest absolute Gasteiger partial charge is 0.234 e. The van der Waals surface area contributed by atoms with Crippen molar-refractivity contribution in [1.82, 2.24) is 24.6 Å². The van der Waals surface area contributed by atoms with E-state index in [1.807, 2.05) is 12.3 Å². The Balaban J connectivity index is 0.00000102. The zero-order valence-electron chi connectivity index (χ0n) is 16.3. The molecule has 154 valence electrons. The van der Waals surface area contributed by atoms with Gasteiger partial charge in [0.1, 0.15) is 0 Å². The van der Waals surface area contributed by atoms with Crippen molar-refractivity contribution in [3.63, 3.8) is 0 Å². The van der Waals surface area contributed by atoms with Crippen LogP contribution in [0.15, 0.2) is 42.7 Å². The quantitative estimate of drug-likeness (QED) is 0.676. The molecule has 1 aromatic carbocycles. The first-order valence-corrected chi connectivity index (χ1v) is 10.2. The van der Waals surface area contributed by atoms with Gasteiger partial charge in [0.2, 0.25) is 5.78 Å². The Morgan fingerprint density at radius 1 is 0.966 bits per heavy atom. The molecule has 3 aromatic rings. The van der Waals surface area contributed by atoms with Gasteiger partial charge in [0.05, 0.1) is 11.4 Å². The average Bonchev–Trinajstić information content (AvgIpc) is 3.42. The molecule has 2 atom stereocenters. The number of hydrogen-bond donors (Lipinski definition) is 1. The maximum absolute atomic E-state index is 4.90. The van der Waals surface area contributed by atoms with E-state index in [-0.39, 0.29) is 24.8 Å². The van der Waals surface area contributed by atoms with Gasteiger partial charge in [-0.25, -0.2) is 9.97 Å². The summed E-state index contributed by atoms with van der Waals surface area (Å²) in [6, 6.07) is 12.4. The molecule has 7 heteroatoms. The molecule has 0 spiro atoms. The number of benzene rings is 1. The molecular formula is C22H27Cl2N5. The minimum absolute atomic E-state index is 0. The van der Waals surface area contributed by atoms with Gasteiger partial charge < -0.3 is 5.32 Å². The van der Waals surface area contributed by atoms with Gasteiger partial charge in [0, 0.05) is 49.7 Å². The maximum atomic E-state index is 4.90. The highest BCUT2D eigenvalue weighted by molar-refractivity contribution is 5.85. The standard InChI is InChI=1S/C22H25N5.2ClH/c1-10-23-22-25-21(17-6-4-16(5-7-17)15-2-3-15)20(27(22)11-1)14-26-12-18-8-9-19(13-26)24-18;;/h1,4-7,10-11,15,18-19,24H,2-3,8-9,12-14H2;2*1H. The van der Waals surface area contributed by atoms with E-state index in [1.54, 1.807) is 0 Å². The van der Waals surface area contributed by atoms with Crippen LogP contribution in [0.4, 0.5) is 0 Å². The number of nitrogens with zero attached hydrogens (tertiary/aromatic N) is 4. The van der Waals surface area contributed by atoms with Crippen LogP contribution >= 0.6 is 24.8 Å². The van der Waals surface area contributed by atoms with Crippen molar-refractivity contribution in [2.24, 2.45) is 0 Å². The van der Waals surface area contributed by atoms with Crippen LogP contribution in [0.25, 0.3) is 17.0 Å². The molecule has 2 unspecified atom stereocenters. The Kier molecular flexibility index (Phi) is 5.85. The number of likely N-dealkylation sites (tertiary alicyclic amines) is 1. The summed E-state index contributed by atoms with van der Waals surface area (Å²) < 4.78 is 2.17. The number of piperazine rings is 1. The molecule has 2 aliphatic heterocycles. The van der Waals surface area contributed by atoms with Crippen LogP contribution in [0.5, 0.6) is 0 Å². The molecule has 3 aliphatic rings. The number of nitrogens with one attached hydrogen (secondary N) is 1. The van der Waals surface area contributed by atoms with E-state index in [1.165, 1.54) is 42.5 Å². The lowest BCUT2D eigenvalue weighted by molar-refractivity contribution is 0.187. The maximum Gasteiger partial charge on any atom is 0.234 e. The van der Waals surface area contributed by atoms with Crippen molar-refractivity contribution < 1.29 is 0 Å². The Bertz CT molecular complexity index is 971. The summed E-state index contributed by atoms with van der Waals surface area (Å²) in [4.78, 5) is 12.0. The highest BCUT2D eigenvalue weighted by atomic mass is 35.5. The Morgan fingerprint density at radius 2 is 1.69 bits per heavy atom. The van der Waals surface area contributed by atoms with Crippen molar-refractivity contribution in [1.29, 1.82) is 0 Å². The van der Waals surface area contributed by atoms with Crippen molar-refractivity contribution in [2.75, 3.05) is 13.1 Å². The molecule has 2 saturated heterocycles. The van der Waals surface area contributed by atoms with E-state index in [0.29, 0.717) is 12.1 Å². The SMILES string of the molecule is Cl.Cl.c1cnc2nc(-c3ccc(C4CC4)cc3)c(CN3CC4CCC(C3)N4)n2c1. The third kappa shape index (κ3) is 3.89. The molecule has 1 N–H and O–H groups in total. The molecule has 6 rings (SSSR count). The van der Waals surface area contributed by atoms with E-state index in [9.17, 15) is 0 Å². The molecule has 5 nitrogen and oxygen atoms in total. The minimum Gasteiger partial charge on any atom is -0.309 e. The van der Waals surface area contributed by atoms with Crippen molar-refractivity contribution in [2.45, 2.75) is 50.2 Å². The summed E-state index contributed by atoms with van der Waals surface area (Å²) in [6.45, 7) is 3.19. The van der Waals surface area contributed by atoms with Gasteiger partial charge in [-0.3, -0.25) is 9.30 Å². The highest BCUT2D eigenvalue weighted by Crippen LogP contribution is 2.40. The summed E-state index contributed by atoms with van der Waals surface area (Å²) in [5, 5.41) is 3.73. The van der Waals surface area contributed by atoms with E-state index in [2.05, 4.69) is 50.1 Å². The fourth-order valence-corrected chi connectivity index (χ4v) is 4.88. The van der Waals surface area contributed by atoms with Crippen molar-refractivity contribution in [3.8, 4) is 11.3 Å². The summed E-state index contributed by atoms with van der Waals surface area (Å²) in [5.41, 5.74) is 5.03. The molecule has 0 amide bonds. The van der Waals surface area contributed by atoms with E-state index >= 15 is 0 Å². The van der Waals surface area contributed by atoms with Crippen LogP contribution < -0.4 is 5.32 Å². The number of hydrogen-bond acceptors (Lipinski definition) is 4. The third-order valence-corrected chi connectivity index (χ3v) is 6.40. The van der Waals surface area contributed by atoms with Crippen LogP contribution in [0.2, 0.25) is 0 Å². The predicted octanol–water partition coefficient (Wildman–Crippen LogP) is 4.05. The van der Waals surface area contributed by atoms with Gasteiger partial charge in [0.15, 0.2) is 0 Å². The largest absolute Gasteiger partial charge is 0.309 e. The minimum atomic E-state index is 0. The number of fused-ring (bicyclic) bond motifs is 3. The topological polar surface area (TPSA) is 45.5 Å². The molecule has 3 fully saturated rings. The predicted molar refractivity (Wildman–Crippen MR) is 120 cm³/mol. The molecule has 1 saturated carbocycles. The second kappa shape index (κ2) is 8.23. The summed E-state index contributed by atoms with van der Waals surface area (Å²) in [6.07, 6.45) is 9.24. The molecule has 29 heavy (non-hydrogen) atoms. The van der Waals surface area contributed by atoms with Gasteiger partial charge in [-0.15, -0.1) is 24.8 Å². The Hall–Kier alpha value is -1.66. The van der Waals surface area contributed by atoms with Gasteiger partial charge >= 0.3 is 0 Å². The molecule has 0 radical (unpaired) electrons. The summed E-state index contributed by atoms with van der Waals surface area (Å²) >= 11 is 0. The van der Waals surface area contributed by atoms with E-state index in [4.69, 9.17) is 4.98 Å². The van der Waals surface area contributed by atoms with Gasteiger partial charge in [-0.1, -0.05) is 24.3 Å². The number of imidazole rings is 1. The molecule has 2 aromatic heterocycles. The van der Waals surface area contributed by atoms with Crippen LogP contribution in [0.3, 0.4) is 0 Å². The monoisotopic (exact) mass is 431 g/mol. The lowest BCUT2D eigenvalue weighted by Gasteiger charge is -2.32. The molecule has 1 aliphatic carbocycles. The summed E-state index contributed by atoms with van der Waals surface area (Å²) in [5.74, 6) is 1.59. The Morgan fingerprint density at radius 3 is 2.38 bits per heavy atom. The third-order valence-electron chi connectivity index (χ3n) is 6.40. The van der Waals surface area contributed by atoms with E-state index < -0.39 is 0 Å². The first kappa shape index (κ1) is 20.6. The lowest BCUT2D eigenvalue weighted by atomic mass is 10.0. The van der Waals surface area contributed by atoms with Crippen LogP contribution in [0, 0.1) is 0 Å². The fraction of sp³-hybridized carbons (Fsp3) is 0.455. The first-order valence-electron chi connectivity index (χ1n) is 10.2. The molecule has 4 heterocycles. The van der Waals surface area contributed by atoms with Gasteiger partial charge in [-0.2, -0.15) is 0 Å². The van der Waals surface area contributed by atoms with Crippen LogP contribution in [-0.2, 0) is 6.54 Å². The lowest BCUT2D eigenvalue weighted by Crippen LogP contribution is -2.50. The zero-order chi connectivity index (χ0) is 17.8. The van der Waals surface area contributed by atoms with E-state index in [0.717, 1.165) is 37.0 Å². The number of rotatable bonds is 4. The highest BCUT2D eigenvalue weighted by Gasteiger charge is 2.33. The Labute approximate surface area is 183 Å². The van der Waals surface area contributed by atoms with Crippen LogP contribution in [0.1, 0.15) is 42.9 Å². The molecular weight excluding hydrogens is 405 g/mol. The van der Waals surface area contributed by atoms with Crippen LogP contribution in [-0.4, -0.2) is 44.4 Å². The van der Waals surface area contributed by atoms with Crippen molar-refractivity contribution >= 4 is 30.6 Å². The van der Waals surface area contributed by atoms with Gasteiger partial charge in [-0.05, 0) is 43.2 Å².